The van der Waals surface area contributed by atoms with Crippen LogP contribution in [0.1, 0.15) is 19.8 Å². The van der Waals surface area contributed by atoms with Crippen LogP contribution in [0.3, 0.4) is 0 Å². The number of aliphatic hydroxyl groups is 1. The molecule has 54 valence electrons. The van der Waals surface area contributed by atoms with E-state index in [0.29, 0.717) is 0 Å². The molecular formula is C6H10F2O. The number of alkyl halides is 2. The quantitative estimate of drug-likeness (QED) is 0.533. The number of halogens is 2. The van der Waals surface area contributed by atoms with Crippen molar-refractivity contribution in [2.24, 2.45) is 5.92 Å². The molecule has 0 amide bonds. The first-order valence-corrected chi connectivity index (χ1v) is 3.07. The number of rotatable bonds is 0. The van der Waals surface area contributed by atoms with Crippen LogP contribution in [0, 0.1) is 5.92 Å². The molecule has 1 aliphatic carbocycles. The van der Waals surface area contributed by atoms with Gasteiger partial charge < -0.3 is 5.11 Å². The Morgan fingerprint density at radius 2 is 2.00 bits per heavy atom. The standard InChI is InChI=1S/C6H10F2O/c1-4-2-6(7,8)3-5(4)9/h4-5,9H,2-3H2,1H3/t4-,5-/m1/s1. The van der Waals surface area contributed by atoms with Gasteiger partial charge in [-0.05, 0) is 5.92 Å². The third-order valence-corrected chi connectivity index (χ3v) is 1.79. The van der Waals surface area contributed by atoms with Crippen molar-refractivity contribution in [2.75, 3.05) is 0 Å². The Morgan fingerprint density at radius 1 is 1.44 bits per heavy atom. The van der Waals surface area contributed by atoms with Crippen LogP contribution in [0.25, 0.3) is 0 Å². The average molecular weight is 136 g/mol. The lowest BCUT2D eigenvalue weighted by molar-refractivity contribution is -0.00377. The zero-order valence-corrected chi connectivity index (χ0v) is 5.27. The van der Waals surface area contributed by atoms with Crippen LogP contribution in [0.15, 0.2) is 0 Å². The Morgan fingerprint density at radius 3 is 2.11 bits per heavy atom. The first kappa shape index (κ1) is 6.93. The summed E-state index contributed by atoms with van der Waals surface area (Å²) < 4.78 is 24.6. The molecule has 0 unspecified atom stereocenters. The molecule has 0 saturated heterocycles. The maximum atomic E-state index is 12.3. The van der Waals surface area contributed by atoms with Gasteiger partial charge in [0.15, 0.2) is 0 Å². The van der Waals surface area contributed by atoms with Gasteiger partial charge in [0.05, 0.1) is 6.10 Å². The van der Waals surface area contributed by atoms with Crippen LogP contribution in [-0.2, 0) is 0 Å². The minimum atomic E-state index is -2.61. The molecule has 0 heterocycles. The fourth-order valence-corrected chi connectivity index (χ4v) is 1.20. The summed E-state index contributed by atoms with van der Waals surface area (Å²) in [5.41, 5.74) is 0. The highest BCUT2D eigenvalue weighted by Crippen LogP contribution is 2.38. The summed E-state index contributed by atoms with van der Waals surface area (Å²) >= 11 is 0. The second-order valence-electron chi connectivity index (χ2n) is 2.81. The van der Waals surface area contributed by atoms with E-state index in [-0.39, 0.29) is 18.8 Å². The van der Waals surface area contributed by atoms with Gasteiger partial charge in [0.25, 0.3) is 5.92 Å². The molecule has 2 atom stereocenters. The van der Waals surface area contributed by atoms with E-state index in [1.54, 1.807) is 6.92 Å². The number of hydrogen-bond acceptors (Lipinski definition) is 1. The smallest absolute Gasteiger partial charge is 0.251 e. The highest BCUT2D eigenvalue weighted by Gasteiger charge is 2.43. The fourth-order valence-electron chi connectivity index (χ4n) is 1.20. The van der Waals surface area contributed by atoms with E-state index in [1.807, 2.05) is 0 Å². The third kappa shape index (κ3) is 1.39. The van der Waals surface area contributed by atoms with Crippen molar-refractivity contribution in [2.45, 2.75) is 31.8 Å². The second-order valence-corrected chi connectivity index (χ2v) is 2.81. The van der Waals surface area contributed by atoms with Crippen LogP contribution >= 0.6 is 0 Å². The van der Waals surface area contributed by atoms with Crippen molar-refractivity contribution >= 4 is 0 Å². The van der Waals surface area contributed by atoms with Crippen molar-refractivity contribution in [1.82, 2.24) is 0 Å². The predicted octanol–water partition coefficient (Wildman–Crippen LogP) is 1.41. The molecule has 3 heteroatoms. The molecule has 1 N–H and O–H groups in total. The molecule has 0 radical (unpaired) electrons. The minimum Gasteiger partial charge on any atom is -0.393 e. The summed E-state index contributed by atoms with van der Waals surface area (Å²) in [7, 11) is 0. The van der Waals surface area contributed by atoms with E-state index in [4.69, 9.17) is 5.11 Å². The lowest BCUT2D eigenvalue weighted by Crippen LogP contribution is -2.11. The van der Waals surface area contributed by atoms with Crippen molar-refractivity contribution in [3.05, 3.63) is 0 Å². The molecule has 1 rings (SSSR count). The third-order valence-electron chi connectivity index (χ3n) is 1.79. The molecule has 9 heavy (non-hydrogen) atoms. The van der Waals surface area contributed by atoms with Crippen LogP contribution in [-0.4, -0.2) is 17.1 Å². The van der Waals surface area contributed by atoms with E-state index in [0.717, 1.165) is 0 Å². The van der Waals surface area contributed by atoms with Crippen molar-refractivity contribution in [3.63, 3.8) is 0 Å². The largest absolute Gasteiger partial charge is 0.393 e. The molecule has 0 aliphatic heterocycles. The highest BCUT2D eigenvalue weighted by molar-refractivity contribution is 4.85. The minimum absolute atomic E-state index is 0.159. The van der Waals surface area contributed by atoms with Crippen LogP contribution in [0.5, 0.6) is 0 Å². The summed E-state index contributed by atoms with van der Waals surface area (Å²) in [4.78, 5) is 0. The molecular weight excluding hydrogens is 126 g/mol. The molecule has 0 aromatic heterocycles. The first-order valence-electron chi connectivity index (χ1n) is 3.07. The van der Waals surface area contributed by atoms with Crippen molar-refractivity contribution in [1.29, 1.82) is 0 Å². The van der Waals surface area contributed by atoms with Gasteiger partial charge in [-0.25, -0.2) is 8.78 Å². The van der Waals surface area contributed by atoms with Gasteiger partial charge in [-0.15, -0.1) is 0 Å². The Labute approximate surface area is 52.7 Å². The Kier molecular flexibility index (Phi) is 1.47. The first-order chi connectivity index (χ1) is 4.01. The lowest BCUT2D eigenvalue weighted by atomic mass is 10.1. The second kappa shape index (κ2) is 1.90. The Balaban J connectivity index is 2.54. The van der Waals surface area contributed by atoms with Gasteiger partial charge in [-0.3, -0.25) is 0 Å². The summed E-state index contributed by atoms with van der Waals surface area (Å²) in [5.74, 6) is -2.85. The van der Waals surface area contributed by atoms with Crippen molar-refractivity contribution < 1.29 is 13.9 Å². The van der Waals surface area contributed by atoms with E-state index in [2.05, 4.69) is 0 Å². The highest BCUT2D eigenvalue weighted by atomic mass is 19.3. The monoisotopic (exact) mass is 136 g/mol. The topological polar surface area (TPSA) is 20.2 Å². The maximum Gasteiger partial charge on any atom is 0.251 e. The molecule has 1 fully saturated rings. The lowest BCUT2D eigenvalue weighted by Gasteiger charge is -2.04. The molecule has 0 spiro atoms. The Bertz CT molecular complexity index is 102. The maximum absolute atomic E-state index is 12.3. The van der Waals surface area contributed by atoms with E-state index < -0.39 is 12.0 Å². The van der Waals surface area contributed by atoms with E-state index >= 15 is 0 Å². The zero-order valence-electron chi connectivity index (χ0n) is 5.27. The van der Waals surface area contributed by atoms with Gasteiger partial charge in [-0.1, -0.05) is 6.92 Å². The number of aliphatic hydroxyl groups excluding tert-OH is 1. The molecule has 1 aliphatic rings. The fraction of sp³-hybridized carbons (Fsp3) is 1.00. The molecule has 1 nitrogen and oxygen atoms in total. The van der Waals surface area contributed by atoms with Gasteiger partial charge in [0, 0.05) is 12.8 Å². The summed E-state index contributed by atoms with van der Waals surface area (Å²) in [6.45, 7) is 1.64. The predicted molar refractivity (Wildman–Crippen MR) is 29.4 cm³/mol. The van der Waals surface area contributed by atoms with Gasteiger partial charge in [-0.2, -0.15) is 0 Å². The van der Waals surface area contributed by atoms with Crippen LogP contribution in [0.4, 0.5) is 8.78 Å². The molecule has 0 aromatic rings. The molecule has 1 saturated carbocycles. The molecule has 0 aromatic carbocycles. The number of hydrogen-bond donors (Lipinski definition) is 1. The Hall–Kier alpha value is -0.180. The van der Waals surface area contributed by atoms with Crippen LogP contribution < -0.4 is 0 Å². The normalized spacial score (nSPS) is 41.3. The molecule has 0 bridgehead atoms. The van der Waals surface area contributed by atoms with Gasteiger partial charge >= 0.3 is 0 Å². The van der Waals surface area contributed by atoms with E-state index in [1.165, 1.54) is 0 Å². The van der Waals surface area contributed by atoms with Crippen molar-refractivity contribution in [3.8, 4) is 0 Å². The summed E-state index contributed by atoms with van der Waals surface area (Å²) in [6.07, 6.45) is -1.30. The van der Waals surface area contributed by atoms with E-state index in [9.17, 15) is 8.78 Å². The van der Waals surface area contributed by atoms with Gasteiger partial charge in [0.1, 0.15) is 0 Å². The zero-order chi connectivity index (χ0) is 7.07. The summed E-state index contributed by atoms with van der Waals surface area (Å²) in [6, 6.07) is 0. The SMILES string of the molecule is C[C@@H]1CC(F)(F)C[C@H]1O. The van der Waals surface area contributed by atoms with Crippen LogP contribution in [0.2, 0.25) is 0 Å². The average Bonchev–Trinajstić information content (AvgIpc) is 1.79. The van der Waals surface area contributed by atoms with Gasteiger partial charge in [0.2, 0.25) is 0 Å². The summed E-state index contributed by atoms with van der Waals surface area (Å²) in [5, 5.41) is 8.85.